The lowest BCUT2D eigenvalue weighted by Crippen LogP contribution is -2.41. The summed E-state index contributed by atoms with van der Waals surface area (Å²) >= 11 is 0. The molecular formula is C34H29N3O4. The number of benzene rings is 3. The topological polar surface area (TPSA) is 81.0 Å². The van der Waals surface area contributed by atoms with Crippen LogP contribution < -0.4 is 0 Å². The van der Waals surface area contributed by atoms with Crippen molar-refractivity contribution in [1.82, 2.24) is 9.58 Å². The number of aryl methyl sites for hydroxylation is 1. The number of amides is 2. The minimum absolute atomic E-state index is 0.156. The molecule has 2 amide bonds. The van der Waals surface area contributed by atoms with E-state index >= 15 is 0 Å². The van der Waals surface area contributed by atoms with Crippen molar-refractivity contribution >= 4 is 24.0 Å². The molecule has 1 fully saturated rings. The van der Waals surface area contributed by atoms with Crippen molar-refractivity contribution in [3.8, 4) is 5.69 Å². The zero-order valence-electron chi connectivity index (χ0n) is 23.1. The molecule has 2 bridgehead atoms. The third-order valence-electron chi connectivity index (χ3n) is 8.84. The predicted octanol–water partition coefficient (Wildman–Crippen LogP) is 5.50. The number of rotatable bonds is 5. The summed E-state index contributed by atoms with van der Waals surface area (Å²) in [6.07, 6.45) is 1.61. The molecule has 0 saturated carbocycles. The van der Waals surface area contributed by atoms with E-state index in [4.69, 9.17) is 4.74 Å². The first-order valence-electron chi connectivity index (χ1n) is 14.0. The number of ether oxygens (including phenoxy) is 1. The Labute approximate surface area is 238 Å². The molecule has 1 aliphatic heterocycles. The molecule has 2 heterocycles. The summed E-state index contributed by atoms with van der Waals surface area (Å²) in [5, 5.41) is 5.61. The molecule has 7 heteroatoms. The van der Waals surface area contributed by atoms with Crippen molar-refractivity contribution in [2.24, 2.45) is 16.9 Å². The Morgan fingerprint density at radius 3 is 1.83 bits per heavy atom. The van der Waals surface area contributed by atoms with Crippen molar-refractivity contribution < 1.29 is 19.1 Å². The van der Waals surface area contributed by atoms with E-state index in [1.165, 1.54) is 0 Å². The molecule has 2 atom stereocenters. The number of imide groups is 1. The van der Waals surface area contributed by atoms with E-state index in [9.17, 15) is 14.4 Å². The lowest BCUT2D eigenvalue weighted by Gasteiger charge is -2.45. The van der Waals surface area contributed by atoms with Gasteiger partial charge in [-0.25, -0.2) is 4.79 Å². The minimum atomic E-state index is -0.459. The second kappa shape index (κ2) is 9.41. The third kappa shape index (κ3) is 3.65. The lowest BCUT2D eigenvalue weighted by molar-refractivity contribution is -0.139. The van der Waals surface area contributed by atoms with Crippen LogP contribution >= 0.6 is 0 Å². The molecule has 3 aliphatic carbocycles. The smallest absolute Gasteiger partial charge is 0.338 e. The van der Waals surface area contributed by atoms with Gasteiger partial charge in [-0.3, -0.25) is 9.59 Å². The number of esters is 1. The minimum Gasteiger partial charge on any atom is -0.462 e. The van der Waals surface area contributed by atoms with Crippen LogP contribution in [0.3, 0.4) is 0 Å². The standard InChI is InChI=1S/C34H29N3O4/c1-4-41-34(40)21-13-15-23(16-14-21)36-19(2)17-22(20(36)3)18-35-37-32(38)30-28-24-9-5-6-10-25(24)29(31(30)33(37)39)27-12-8-7-11-26(27)28/h5-18,28-31H,4H2,1-3H3/b35-18-/t28?,29?,30-,31+. The molecule has 4 aromatic rings. The molecule has 3 aromatic carbocycles. The Hall–Kier alpha value is -4.78. The fraction of sp³-hybridized carbons (Fsp3) is 0.235. The van der Waals surface area contributed by atoms with E-state index in [-0.39, 0.29) is 29.6 Å². The highest BCUT2D eigenvalue weighted by Gasteiger charge is 2.61. The first kappa shape index (κ1) is 25.2. The van der Waals surface area contributed by atoms with E-state index < -0.39 is 11.8 Å². The average molecular weight is 544 g/mol. The van der Waals surface area contributed by atoms with Crippen molar-refractivity contribution in [2.75, 3.05) is 6.61 Å². The Bertz CT molecular complexity index is 1650. The van der Waals surface area contributed by atoms with Gasteiger partial charge >= 0.3 is 5.97 Å². The second-order valence-corrected chi connectivity index (χ2v) is 10.9. The van der Waals surface area contributed by atoms with Gasteiger partial charge < -0.3 is 9.30 Å². The van der Waals surface area contributed by atoms with E-state index in [2.05, 4.69) is 33.9 Å². The first-order chi connectivity index (χ1) is 19.9. The summed E-state index contributed by atoms with van der Waals surface area (Å²) in [6.45, 7) is 6.05. The van der Waals surface area contributed by atoms with E-state index in [1.54, 1.807) is 25.3 Å². The molecule has 0 spiro atoms. The summed E-state index contributed by atoms with van der Waals surface area (Å²) in [5.74, 6) is -2.06. The van der Waals surface area contributed by atoms with Gasteiger partial charge in [0.25, 0.3) is 11.8 Å². The van der Waals surface area contributed by atoms with Crippen molar-refractivity contribution in [2.45, 2.75) is 32.6 Å². The molecule has 1 saturated heterocycles. The fourth-order valence-corrected chi connectivity index (χ4v) is 7.17. The molecule has 0 N–H and O–H groups in total. The monoisotopic (exact) mass is 543 g/mol. The molecular weight excluding hydrogens is 514 g/mol. The van der Waals surface area contributed by atoms with Gasteiger partial charge in [0.15, 0.2) is 0 Å². The number of carbonyl (C=O) groups is 3. The normalized spacial score (nSPS) is 22.2. The van der Waals surface area contributed by atoms with Crippen LogP contribution in [0.4, 0.5) is 0 Å². The Morgan fingerprint density at radius 1 is 0.829 bits per heavy atom. The van der Waals surface area contributed by atoms with Crippen LogP contribution in [0.2, 0.25) is 0 Å². The van der Waals surface area contributed by atoms with Gasteiger partial charge in [0.1, 0.15) is 0 Å². The molecule has 0 radical (unpaired) electrons. The predicted molar refractivity (Wildman–Crippen MR) is 154 cm³/mol. The van der Waals surface area contributed by atoms with Gasteiger partial charge in [-0.1, -0.05) is 48.5 Å². The van der Waals surface area contributed by atoms with Gasteiger partial charge in [-0.05, 0) is 73.4 Å². The molecule has 0 unspecified atom stereocenters. The van der Waals surface area contributed by atoms with E-state index in [1.807, 2.05) is 56.3 Å². The highest BCUT2D eigenvalue weighted by molar-refractivity contribution is 6.08. The SMILES string of the molecule is CCOC(=O)c1ccc(-n2c(C)cc(/C=N\N3C(=O)[C@@H]4C5c6ccccc6C(c6ccccc65)[C@@H]4C3=O)c2C)cc1. The van der Waals surface area contributed by atoms with Crippen molar-refractivity contribution in [1.29, 1.82) is 0 Å². The average Bonchev–Trinajstić information content (AvgIpc) is 3.42. The summed E-state index contributed by atoms with van der Waals surface area (Å²) < 4.78 is 7.14. The molecule has 41 heavy (non-hydrogen) atoms. The number of aromatic nitrogens is 1. The van der Waals surface area contributed by atoms with Gasteiger partial charge in [-0.2, -0.15) is 10.1 Å². The number of carbonyl (C=O) groups excluding carboxylic acids is 3. The van der Waals surface area contributed by atoms with Gasteiger partial charge in [-0.15, -0.1) is 0 Å². The quantitative estimate of drug-likeness (QED) is 0.189. The van der Waals surface area contributed by atoms with Gasteiger partial charge in [0.2, 0.25) is 0 Å². The maximum atomic E-state index is 13.8. The van der Waals surface area contributed by atoms with E-state index in [0.29, 0.717) is 12.2 Å². The zero-order valence-corrected chi connectivity index (χ0v) is 23.1. The lowest BCUT2D eigenvalue weighted by atomic mass is 9.55. The maximum Gasteiger partial charge on any atom is 0.338 e. The number of hydrogen-bond donors (Lipinski definition) is 0. The molecule has 4 aliphatic rings. The van der Waals surface area contributed by atoms with Crippen LogP contribution in [0.15, 0.2) is 84.0 Å². The second-order valence-electron chi connectivity index (χ2n) is 10.9. The maximum absolute atomic E-state index is 13.8. The molecule has 1 aromatic heterocycles. The van der Waals surface area contributed by atoms with Crippen molar-refractivity contribution in [3.63, 3.8) is 0 Å². The largest absolute Gasteiger partial charge is 0.462 e. The fourth-order valence-electron chi connectivity index (χ4n) is 7.17. The van der Waals surface area contributed by atoms with Crippen LogP contribution in [0.25, 0.3) is 5.69 Å². The van der Waals surface area contributed by atoms with Crippen LogP contribution in [-0.2, 0) is 14.3 Å². The van der Waals surface area contributed by atoms with Crippen LogP contribution in [-0.4, -0.2) is 40.2 Å². The summed E-state index contributed by atoms with van der Waals surface area (Å²) in [6, 6.07) is 25.6. The number of hydrazone groups is 1. The highest BCUT2D eigenvalue weighted by Crippen LogP contribution is 2.60. The van der Waals surface area contributed by atoms with Gasteiger partial charge in [0, 0.05) is 34.5 Å². The molecule has 8 rings (SSSR count). The summed E-state index contributed by atoms with van der Waals surface area (Å²) in [4.78, 5) is 39.7. The third-order valence-corrected chi connectivity index (χ3v) is 8.84. The van der Waals surface area contributed by atoms with Crippen molar-refractivity contribution in [3.05, 3.63) is 124 Å². The van der Waals surface area contributed by atoms with E-state index in [0.717, 1.165) is 49.9 Å². The highest BCUT2D eigenvalue weighted by atomic mass is 16.5. The Morgan fingerprint density at radius 2 is 1.34 bits per heavy atom. The number of nitrogens with zero attached hydrogens (tertiary/aromatic N) is 3. The number of hydrogen-bond acceptors (Lipinski definition) is 5. The Kier molecular flexibility index (Phi) is 5.78. The Balaban J connectivity index is 1.20. The molecule has 7 nitrogen and oxygen atoms in total. The molecule has 204 valence electrons. The van der Waals surface area contributed by atoms with Crippen LogP contribution in [0.5, 0.6) is 0 Å². The van der Waals surface area contributed by atoms with Gasteiger partial charge in [0.05, 0.1) is 30.2 Å². The summed E-state index contributed by atoms with van der Waals surface area (Å²) in [7, 11) is 0. The zero-order chi connectivity index (χ0) is 28.4. The first-order valence-corrected chi connectivity index (χ1v) is 14.0. The summed E-state index contributed by atoms with van der Waals surface area (Å²) in [5.41, 5.74) is 8.62. The van der Waals surface area contributed by atoms with Crippen LogP contribution in [0, 0.1) is 25.7 Å². The van der Waals surface area contributed by atoms with Crippen LogP contribution in [0.1, 0.15) is 68.3 Å².